The molecule has 1 amide bonds. The third-order valence-corrected chi connectivity index (χ3v) is 2.72. The zero-order valence-corrected chi connectivity index (χ0v) is 11.5. The molecule has 0 aliphatic heterocycles. The van der Waals surface area contributed by atoms with E-state index >= 15 is 0 Å². The Morgan fingerprint density at radius 3 is 2.38 bits per heavy atom. The van der Waals surface area contributed by atoms with Crippen LogP contribution in [-0.2, 0) is 11.2 Å². The predicted octanol–water partition coefficient (Wildman–Crippen LogP) is 2.26. The predicted molar refractivity (Wildman–Crippen MR) is 67.2 cm³/mol. The molecule has 0 radical (unpaired) electrons. The molecule has 0 bridgehead atoms. The lowest BCUT2D eigenvalue weighted by molar-refractivity contribution is -0.169. The second kappa shape index (κ2) is 7.14. The molecule has 0 aromatic heterocycles. The van der Waals surface area contributed by atoms with Gasteiger partial charge in [-0.25, -0.2) is 8.78 Å². The molecule has 118 valence electrons. The van der Waals surface area contributed by atoms with Gasteiger partial charge >= 0.3 is 12.3 Å². The molecule has 0 atom stereocenters. The maximum absolute atomic E-state index is 12.7. The highest BCUT2D eigenvalue weighted by atomic mass is 19.3. The molecule has 21 heavy (non-hydrogen) atoms. The van der Waals surface area contributed by atoms with Gasteiger partial charge in [0.05, 0.1) is 14.2 Å². The van der Waals surface area contributed by atoms with Gasteiger partial charge in [0.1, 0.15) is 0 Å². The van der Waals surface area contributed by atoms with Crippen LogP contribution >= 0.6 is 0 Å². The van der Waals surface area contributed by atoms with E-state index in [0.717, 1.165) is 0 Å². The monoisotopic (exact) mass is 309 g/mol. The molecule has 0 aliphatic carbocycles. The highest BCUT2D eigenvalue weighted by Crippen LogP contribution is 2.27. The van der Waals surface area contributed by atoms with E-state index in [-0.39, 0.29) is 13.0 Å². The average molecular weight is 309 g/mol. The molecule has 4 nitrogen and oxygen atoms in total. The average Bonchev–Trinajstić information content (AvgIpc) is 2.46. The van der Waals surface area contributed by atoms with Crippen molar-refractivity contribution in [2.75, 3.05) is 20.8 Å². The number of benzene rings is 1. The Bertz CT molecular complexity index is 494. The highest BCUT2D eigenvalue weighted by Gasteiger charge is 2.48. The zero-order chi connectivity index (χ0) is 16.0. The fourth-order valence-electron chi connectivity index (χ4n) is 1.57. The first-order valence-corrected chi connectivity index (χ1v) is 5.98. The fourth-order valence-corrected chi connectivity index (χ4v) is 1.57. The van der Waals surface area contributed by atoms with Gasteiger partial charge in [0, 0.05) is 6.54 Å². The summed E-state index contributed by atoms with van der Waals surface area (Å²) in [6.45, 7) is -0.198. The van der Waals surface area contributed by atoms with Crippen LogP contribution in [0.2, 0.25) is 0 Å². The Balaban J connectivity index is 2.59. The number of amides is 1. The molecule has 1 rings (SSSR count). The van der Waals surface area contributed by atoms with E-state index in [4.69, 9.17) is 9.47 Å². The molecular formula is C13H15F4NO3. The summed E-state index contributed by atoms with van der Waals surface area (Å²) in [7, 11) is 2.90. The second-order valence-corrected chi connectivity index (χ2v) is 4.12. The van der Waals surface area contributed by atoms with Gasteiger partial charge in [-0.1, -0.05) is 6.07 Å². The smallest absolute Gasteiger partial charge is 0.383 e. The van der Waals surface area contributed by atoms with Crippen molar-refractivity contribution in [1.29, 1.82) is 0 Å². The second-order valence-electron chi connectivity index (χ2n) is 4.12. The number of hydrogen-bond donors (Lipinski definition) is 1. The van der Waals surface area contributed by atoms with Gasteiger partial charge in [0.2, 0.25) is 0 Å². The van der Waals surface area contributed by atoms with Gasteiger partial charge in [0.25, 0.3) is 5.91 Å². The third-order valence-electron chi connectivity index (χ3n) is 2.72. The Morgan fingerprint density at radius 2 is 1.86 bits per heavy atom. The van der Waals surface area contributed by atoms with E-state index in [1.807, 2.05) is 0 Å². The Morgan fingerprint density at radius 1 is 1.24 bits per heavy atom. The van der Waals surface area contributed by atoms with Crippen molar-refractivity contribution in [1.82, 2.24) is 5.32 Å². The number of carbonyl (C=O) groups is 1. The zero-order valence-electron chi connectivity index (χ0n) is 11.5. The van der Waals surface area contributed by atoms with Crippen molar-refractivity contribution in [3.05, 3.63) is 23.8 Å². The fraction of sp³-hybridized carbons (Fsp3) is 0.462. The maximum atomic E-state index is 12.7. The number of rotatable bonds is 7. The quantitative estimate of drug-likeness (QED) is 0.786. The maximum Gasteiger partial charge on any atom is 0.383 e. The molecule has 0 unspecified atom stereocenters. The molecule has 0 heterocycles. The van der Waals surface area contributed by atoms with E-state index in [1.165, 1.54) is 14.2 Å². The highest BCUT2D eigenvalue weighted by molar-refractivity contribution is 5.83. The molecule has 0 spiro atoms. The first-order valence-electron chi connectivity index (χ1n) is 5.98. The molecule has 1 aromatic carbocycles. The molecule has 8 heteroatoms. The van der Waals surface area contributed by atoms with Gasteiger partial charge in [-0.15, -0.1) is 0 Å². The van der Waals surface area contributed by atoms with Gasteiger partial charge in [-0.2, -0.15) is 8.78 Å². The number of carbonyl (C=O) groups excluding carboxylic acids is 1. The van der Waals surface area contributed by atoms with Crippen LogP contribution in [0.15, 0.2) is 18.2 Å². The minimum absolute atomic E-state index is 0.186. The van der Waals surface area contributed by atoms with Crippen LogP contribution in [0, 0.1) is 0 Å². The number of nitrogens with one attached hydrogen (secondary N) is 1. The first kappa shape index (κ1) is 17.1. The van der Waals surface area contributed by atoms with Crippen molar-refractivity contribution in [3.8, 4) is 11.5 Å². The summed E-state index contributed by atoms with van der Waals surface area (Å²) in [6.07, 6.45) is -3.84. The van der Waals surface area contributed by atoms with Gasteiger partial charge < -0.3 is 14.8 Å². The van der Waals surface area contributed by atoms with Crippen molar-refractivity contribution < 1.29 is 31.8 Å². The van der Waals surface area contributed by atoms with E-state index in [9.17, 15) is 22.4 Å². The van der Waals surface area contributed by atoms with E-state index in [2.05, 4.69) is 0 Å². The van der Waals surface area contributed by atoms with Crippen LogP contribution in [0.1, 0.15) is 5.56 Å². The van der Waals surface area contributed by atoms with Gasteiger partial charge in [-0.05, 0) is 24.1 Å². The third kappa shape index (κ3) is 4.24. The molecule has 1 aromatic rings. The summed E-state index contributed by atoms with van der Waals surface area (Å²) < 4.78 is 59.4. The van der Waals surface area contributed by atoms with Crippen LogP contribution in [0.25, 0.3) is 0 Å². The lowest BCUT2D eigenvalue weighted by Gasteiger charge is -2.15. The molecular weight excluding hydrogens is 294 g/mol. The summed E-state index contributed by atoms with van der Waals surface area (Å²) in [5, 5.41) is 1.78. The van der Waals surface area contributed by atoms with Crippen LogP contribution in [-0.4, -0.2) is 39.0 Å². The number of alkyl halides is 4. The molecule has 0 fully saturated rings. The number of halogens is 4. The summed E-state index contributed by atoms with van der Waals surface area (Å²) in [6, 6.07) is 4.87. The topological polar surface area (TPSA) is 47.6 Å². The number of hydrogen-bond acceptors (Lipinski definition) is 3. The lowest BCUT2D eigenvalue weighted by atomic mass is 10.1. The SMILES string of the molecule is COc1ccc(CCNC(=O)C(F)(F)C(F)F)cc1OC. The van der Waals surface area contributed by atoms with Crippen LogP contribution < -0.4 is 14.8 Å². The van der Waals surface area contributed by atoms with E-state index in [1.54, 1.807) is 23.5 Å². The Kier molecular flexibility index (Phi) is 5.80. The van der Waals surface area contributed by atoms with Crippen LogP contribution in [0.3, 0.4) is 0 Å². The van der Waals surface area contributed by atoms with Crippen molar-refractivity contribution in [2.45, 2.75) is 18.8 Å². The minimum Gasteiger partial charge on any atom is -0.493 e. The number of methoxy groups -OCH3 is 2. The van der Waals surface area contributed by atoms with E-state index in [0.29, 0.717) is 17.1 Å². The summed E-state index contributed by atoms with van der Waals surface area (Å²) in [5.41, 5.74) is 0.674. The van der Waals surface area contributed by atoms with Crippen molar-refractivity contribution in [3.63, 3.8) is 0 Å². The molecule has 0 saturated heterocycles. The van der Waals surface area contributed by atoms with Crippen molar-refractivity contribution >= 4 is 5.91 Å². The molecule has 0 aliphatic rings. The first-order chi connectivity index (χ1) is 9.82. The molecule has 1 N–H and O–H groups in total. The Labute approximate surface area is 119 Å². The van der Waals surface area contributed by atoms with E-state index < -0.39 is 18.3 Å². The Hall–Kier alpha value is -1.99. The lowest BCUT2D eigenvalue weighted by Crippen LogP contribution is -2.45. The normalized spacial score (nSPS) is 11.4. The summed E-state index contributed by atoms with van der Waals surface area (Å²) in [5.74, 6) is -5.73. The largest absolute Gasteiger partial charge is 0.493 e. The van der Waals surface area contributed by atoms with Crippen LogP contribution in [0.5, 0.6) is 11.5 Å². The van der Waals surface area contributed by atoms with Gasteiger partial charge in [-0.3, -0.25) is 4.79 Å². The van der Waals surface area contributed by atoms with Gasteiger partial charge in [0.15, 0.2) is 11.5 Å². The van der Waals surface area contributed by atoms with Crippen LogP contribution in [0.4, 0.5) is 17.6 Å². The number of ether oxygens (including phenoxy) is 2. The summed E-state index contributed by atoms with van der Waals surface area (Å²) >= 11 is 0. The standard InChI is InChI=1S/C13H15F4NO3/c1-20-9-4-3-8(7-10(9)21-2)5-6-18-12(19)13(16,17)11(14)15/h3-4,7,11H,5-6H2,1-2H3,(H,18,19). The van der Waals surface area contributed by atoms with Crippen molar-refractivity contribution in [2.24, 2.45) is 0 Å². The minimum atomic E-state index is -4.68. The molecule has 0 saturated carbocycles. The summed E-state index contributed by atoms with van der Waals surface area (Å²) in [4.78, 5) is 10.9.